The van der Waals surface area contributed by atoms with Crippen LogP contribution in [-0.4, -0.2) is 30.6 Å². The molecule has 0 bridgehead atoms. The van der Waals surface area contributed by atoms with E-state index < -0.39 is 0 Å². The average molecular weight is 351 g/mol. The average Bonchev–Trinajstić information content (AvgIpc) is 2.62. The van der Waals surface area contributed by atoms with Gasteiger partial charge in [0.25, 0.3) is 0 Å². The third-order valence-corrected chi connectivity index (χ3v) is 4.63. The number of hydrogen-bond donors (Lipinski definition) is 2. The van der Waals surface area contributed by atoms with Crippen LogP contribution >= 0.6 is 0 Å². The molecule has 1 aliphatic rings. The predicted octanol–water partition coefficient (Wildman–Crippen LogP) is 4.90. The lowest BCUT2D eigenvalue weighted by atomic mass is 9.97. The van der Waals surface area contributed by atoms with Crippen LogP contribution in [0.3, 0.4) is 0 Å². The van der Waals surface area contributed by atoms with Gasteiger partial charge in [-0.2, -0.15) is 4.98 Å². The summed E-state index contributed by atoms with van der Waals surface area (Å²) < 4.78 is 0. The molecular formula is C21H29N5. The fourth-order valence-electron chi connectivity index (χ4n) is 3.17. The van der Waals surface area contributed by atoms with Crippen molar-refractivity contribution in [3.8, 4) is 0 Å². The molecule has 2 aromatic rings. The first-order valence-electron chi connectivity index (χ1n) is 9.42. The lowest BCUT2D eigenvalue weighted by molar-refractivity contribution is 0.679. The van der Waals surface area contributed by atoms with E-state index >= 15 is 0 Å². The summed E-state index contributed by atoms with van der Waals surface area (Å²) in [5.74, 6) is 1.50. The molecule has 1 aromatic carbocycles. The van der Waals surface area contributed by atoms with Crippen molar-refractivity contribution in [2.24, 2.45) is 0 Å². The van der Waals surface area contributed by atoms with Crippen molar-refractivity contribution in [3.63, 3.8) is 0 Å². The lowest BCUT2D eigenvalue weighted by Gasteiger charge is -2.14. The zero-order valence-electron chi connectivity index (χ0n) is 16.0. The van der Waals surface area contributed by atoms with Crippen LogP contribution in [0, 0.1) is 6.92 Å². The number of aromatic nitrogens is 2. The topological polar surface area (TPSA) is 53.1 Å². The summed E-state index contributed by atoms with van der Waals surface area (Å²) >= 11 is 0. The third-order valence-electron chi connectivity index (χ3n) is 4.63. The van der Waals surface area contributed by atoms with E-state index in [0.29, 0.717) is 5.95 Å². The number of nitrogens with zero attached hydrogens (tertiary/aromatic N) is 3. The molecule has 0 unspecified atom stereocenters. The molecule has 138 valence electrons. The van der Waals surface area contributed by atoms with Gasteiger partial charge in [0, 0.05) is 43.8 Å². The summed E-state index contributed by atoms with van der Waals surface area (Å²) in [6, 6.07) is 10.2. The van der Waals surface area contributed by atoms with E-state index in [1.54, 1.807) is 5.57 Å². The second-order valence-electron chi connectivity index (χ2n) is 7.07. The van der Waals surface area contributed by atoms with Crippen LogP contribution in [-0.2, 0) is 0 Å². The molecule has 0 radical (unpaired) electrons. The number of benzene rings is 1. The van der Waals surface area contributed by atoms with Crippen LogP contribution in [0.2, 0.25) is 0 Å². The van der Waals surface area contributed by atoms with Crippen LogP contribution in [0.5, 0.6) is 0 Å². The molecule has 5 nitrogen and oxygen atoms in total. The number of aryl methyl sites for hydroxylation is 1. The van der Waals surface area contributed by atoms with Crippen LogP contribution in [0.25, 0.3) is 0 Å². The Balaban J connectivity index is 1.60. The van der Waals surface area contributed by atoms with Gasteiger partial charge in [-0.3, -0.25) is 0 Å². The molecule has 0 fully saturated rings. The Labute approximate surface area is 156 Å². The van der Waals surface area contributed by atoms with Gasteiger partial charge in [0.1, 0.15) is 5.82 Å². The largest absolute Gasteiger partial charge is 0.378 e. The fraction of sp³-hybridized carbons (Fsp3) is 0.429. The van der Waals surface area contributed by atoms with Crippen molar-refractivity contribution < 1.29 is 0 Å². The van der Waals surface area contributed by atoms with Gasteiger partial charge in [-0.25, -0.2) is 4.98 Å². The number of anilines is 4. The van der Waals surface area contributed by atoms with Gasteiger partial charge in [-0.1, -0.05) is 11.6 Å². The van der Waals surface area contributed by atoms with Crippen molar-refractivity contribution in [1.82, 2.24) is 9.97 Å². The highest BCUT2D eigenvalue weighted by atomic mass is 15.1. The van der Waals surface area contributed by atoms with E-state index in [1.807, 2.05) is 39.2 Å². The molecule has 0 atom stereocenters. The molecule has 0 saturated carbocycles. The molecule has 1 heterocycles. The maximum absolute atomic E-state index is 4.61. The van der Waals surface area contributed by atoms with E-state index in [4.69, 9.17) is 0 Å². The minimum Gasteiger partial charge on any atom is -0.378 e. The van der Waals surface area contributed by atoms with E-state index in [9.17, 15) is 0 Å². The quantitative estimate of drug-likeness (QED) is 0.695. The smallest absolute Gasteiger partial charge is 0.229 e. The molecule has 0 amide bonds. The minimum atomic E-state index is 0.627. The molecule has 1 aromatic heterocycles. The SMILES string of the molecule is Cc1cc(NCCC2=CCCCC2)nc(Nc2ccc(N(C)C)cc2)n1. The zero-order chi connectivity index (χ0) is 18.4. The van der Waals surface area contributed by atoms with Crippen molar-refractivity contribution in [3.05, 3.63) is 47.7 Å². The van der Waals surface area contributed by atoms with E-state index in [0.717, 1.165) is 30.2 Å². The van der Waals surface area contributed by atoms with Gasteiger partial charge in [0.2, 0.25) is 5.95 Å². The van der Waals surface area contributed by atoms with Crippen molar-refractivity contribution in [2.45, 2.75) is 39.0 Å². The summed E-state index contributed by atoms with van der Waals surface area (Å²) in [7, 11) is 4.07. The highest BCUT2D eigenvalue weighted by molar-refractivity contribution is 5.59. The Hall–Kier alpha value is -2.56. The van der Waals surface area contributed by atoms with Crippen LogP contribution < -0.4 is 15.5 Å². The van der Waals surface area contributed by atoms with Gasteiger partial charge in [0.05, 0.1) is 0 Å². The maximum Gasteiger partial charge on any atom is 0.229 e. The number of hydrogen-bond acceptors (Lipinski definition) is 5. The molecule has 3 rings (SSSR count). The number of allylic oxidation sites excluding steroid dienone is 1. The zero-order valence-corrected chi connectivity index (χ0v) is 16.0. The highest BCUT2D eigenvalue weighted by Crippen LogP contribution is 2.21. The predicted molar refractivity (Wildman–Crippen MR) is 110 cm³/mol. The van der Waals surface area contributed by atoms with Crippen molar-refractivity contribution in [2.75, 3.05) is 36.2 Å². The summed E-state index contributed by atoms with van der Waals surface area (Å²) in [6.07, 6.45) is 8.66. The Morgan fingerprint density at radius 1 is 1.08 bits per heavy atom. The lowest BCUT2D eigenvalue weighted by Crippen LogP contribution is -2.09. The summed E-state index contributed by atoms with van der Waals surface area (Å²) in [5.41, 5.74) is 4.68. The second-order valence-corrected chi connectivity index (χ2v) is 7.07. The Morgan fingerprint density at radius 3 is 2.58 bits per heavy atom. The Morgan fingerprint density at radius 2 is 1.88 bits per heavy atom. The third kappa shape index (κ3) is 5.22. The van der Waals surface area contributed by atoms with Crippen molar-refractivity contribution >= 4 is 23.1 Å². The monoisotopic (exact) mass is 351 g/mol. The normalized spacial score (nSPS) is 13.9. The minimum absolute atomic E-state index is 0.627. The van der Waals surface area contributed by atoms with Crippen molar-refractivity contribution in [1.29, 1.82) is 0 Å². The highest BCUT2D eigenvalue weighted by Gasteiger charge is 2.06. The maximum atomic E-state index is 4.61. The van der Waals surface area contributed by atoms with E-state index in [1.165, 1.54) is 31.4 Å². The molecular weight excluding hydrogens is 322 g/mol. The van der Waals surface area contributed by atoms with Crippen LogP contribution in [0.4, 0.5) is 23.1 Å². The Kier molecular flexibility index (Phi) is 6.10. The van der Waals surface area contributed by atoms with E-state index in [-0.39, 0.29) is 0 Å². The molecule has 5 heteroatoms. The summed E-state index contributed by atoms with van der Waals surface area (Å²) in [5, 5.41) is 6.74. The van der Waals surface area contributed by atoms with Crippen LogP contribution in [0.15, 0.2) is 42.0 Å². The molecule has 26 heavy (non-hydrogen) atoms. The first-order chi connectivity index (χ1) is 12.6. The number of nitrogens with one attached hydrogen (secondary N) is 2. The summed E-state index contributed by atoms with van der Waals surface area (Å²) in [6.45, 7) is 2.91. The summed E-state index contributed by atoms with van der Waals surface area (Å²) in [4.78, 5) is 11.2. The standard InChI is InChI=1S/C21H29N5/c1-16-15-20(22-14-13-17-7-5-4-6-8-17)25-21(23-16)24-18-9-11-19(12-10-18)26(2)3/h7,9-12,15H,4-6,8,13-14H2,1-3H3,(H2,22,23,24,25). The van der Waals surface area contributed by atoms with Gasteiger partial charge in [-0.05, 0) is 63.3 Å². The second kappa shape index (κ2) is 8.70. The molecule has 2 N–H and O–H groups in total. The van der Waals surface area contributed by atoms with E-state index in [2.05, 4.69) is 43.7 Å². The molecule has 0 saturated heterocycles. The van der Waals surface area contributed by atoms with Crippen LogP contribution in [0.1, 0.15) is 37.8 Å². The molecule has 0 spiro atoms. The van der Waals surface area contributed by atoms with Gasteiger partial charge in [-0.15, -0.1) is 0 Å². The van der Waals surface area contributed by atoms with Gasteiger partial charge >= 0.3 is 0 Å². The molecule has 0 aliphatic heterocycles. The van der Waals surface area contributed by atoms with Gasteiger partial charge in [0.15, 0.2) is 0 Å². The first kappa shape index (κ1) is 18.2. The fourth-order valence-corrected chi connectivity index (χ4v) is 3.17. The number of rotatable bonds is 7. The Bertz CT molecular complexity index is 749. The van der Waals surface area contributed by atoms with Gasteiger partial charge < -0.3 is 15.5 Å². The first-order valence-corrected chi connectivity index (χ1v) is 9.42. The molecule has 1 aliphatic carbocycles.